The maximum absolute atomic E-state index is 13.0. The third-order valence-electron chi connectivity index (χ3n) is 5.55. The first-order valence-corrected chi connectivity index (χ1v) is 10.4. The van der Waals surface area contributed by atoms with Crippen LogP contribution in [0.2, 0.25) is 0 Å². The number of fused-ring (bicyclic) bond motifs is 1. The van der Waals surface area contributed by atoms with Gasteiger partial charge < -0.3 is 14.8 Å². The molecular weight excluding hydrogens is 468 g/mol. The lowest BCUT2D eigenvalue weighted by molar-refractivity contribution is -0.143. The van der Waals surface area contributed by atoms with Crippen molar-refractivity contribution in [3.05, 3.63) is 53.1 Å². The van der Waals surface area contributed by atoms with Crippen LogP contribution in [0.1, 0.15) is 16.7 Å². The summed E-state index contributed by atoms with van der Waals surface area (Å²) in [4.78, 5) is 16.3. The summed E-state index contributed by atoms with van der Waals surface area (Å²) >= 11 is 0. The Morgan fingerprint density at radius 2 is 1.41 bits per heavy atom. The minimum absolute atomic E-state index is 0.0228. The summed E-state index contributed by atoms with van der Waals surface area (Å²) < 4.78 is 88.7. The van der Waals surface area contributed by atoms with Gasteiger partial charge in [-0.25, -0.2) is 0 Å². The Kier molecular flexibility index (Phi) is 6.63. The lowest BCUT2D eigenvalue weighted by Gasteiger charge is -2.34. The van der Waals surface area contributed by atoms with E-state index in [0.717, 1.165) is 5.56 Å². The fourth-order valence-corrected chi connectivity index (χ4v) is 3.83. The number of halogens is 6. The quantitative estimate of drug-likeness (QED) is 0.638. The Morgan fingerprint density at radius 1 is 0.824 bits per heavy atom. The van der Waals surface area contributed by atoms with Gasteiger partial charge in [0, 0.05) is 38.4 Å². The molecule has 2 heterocycles. The molecule has 0 bridgehead atoms. The highest BCUT2D eigenvalue weighted by Gasteiger charge is 2.37. The molecule has 34 heavy (non-hydrogen) atoms. The molecule has 0 unspecified atom stereocenters. The molecule has 0 radical (unpaired) electrons. The van der Waals surface area contributed by atoms with Crippen LogP contribution in [0.4, 0.5) is 32.0 Å². The van der Waals surface area contributed by atoms with Gasteiger partial charge in [-0.05, 0) is 35.9 Å². The molecule has 2 aliphatic rings. The van der Waals surface area contributed by atoms with Crippen LogP contribution in [0.5, 0.6) is 11.5 Å². The van der Waals surface area contributed by atoms with Crippen molar-refractivity contribution in [1.29, 1.82) is 0 Å². The fourth-order valence-electron chi connectivity index (χ4n) is 3.83. The van der Waals surface area contributed by atoms with Gasteiger partial charge in [0.15, 0.2) is 11.5 Å². The molecule has 184 valence electrons. The lowest BCUT2D eigenvalue weighted by Crippen LogP contribution is -2.48. The van der Waals surface area contributed by atoms with Crippen LogP contribution < -0.4 is 14.8 Å². The van der Waals surface area contributed by atoms with Gasteiger partial charge in [-0.3, -0.25) is 14.6 Å². The van der Waals surface area contributed by atoms with Gasteiger partial charge in [-0.2, -0.15) is 26.3 Å². The molecular formula is C22H21F6N3O3. The number of rotatable bonds is 5. The Labute approximate surface area is 191 Å². The van der Waals surface area contributed by atoms with Crippen LogP contribution in [0.3, 0.4) is 0 Å². The predicted molar refractivity (Wildman–Crippen MR) is 109 cm³/mol. The van der Waals surface area contributed by atoms with E-state index in [4.69, 9.17) is 9.47 Å². The zero-order valence-electron chi connectivity index (χ0n) is 17.8. The Morgan fingerprint density at radius 3 is 2.03 bits per heavy atom. The second kappa shape index (κ2) is 9.34. The van der Waals surface area contributed by atoms with Crippen molar-refractivity contribution in [2.45, 2.75) is 18.9 Å². The number of hydrogen-bond donors (Lipinski definition) is 1. The van der Waals surface area contributed by atoms with Crippen LogP contribution in [-0.2, 0) is 23.7 Å². The summed E-state index contributed by atoms with van der Waals surface area (Å²) in [5, 5.41) is 2.17. The molecule has 2 aliphatic heterocycles. The maximum atomic E-state index is 13.0. The SMILES string of the molecule is O=C(CN1CCN(Cc2ccc3c(c2)OCO3)CC1)Nc1cc(C(F)(F)F)cc(C(F)(F)F)c1. The highest BCUT2D eigenvalue weighted by atomic mass is 19.4. The van der Waals surface area contributed by atoms with Crippen LogP contribution in [-0.4, -0.2) is 55.2 Å². The Balaban J connectivity index is 1.31. The molecule has 0 saturated carbocycles. The van der Waals surface area contributed by atoms with Crippen molar-refractivity contribution in [2.24, 2.45) is 0 Å². The van der Waals surface area contributed by atoms with Gasteiger partial charge in [0.1, 0.15) is 0 Å². The average molecular weight is 489 g/mol. The molecule has 0 atom stereocenters. The molecule has 1 saturated heterocycles. The van der Waals surface area contributed by atoms with Crippen molar-refractivity contribution < 1.29 is 40.6 Å². The van der Waals surface area contributed by atoms with E-state index in [1.807, 2.05) is 18.2 Å². The third-order valence-corrected chi connectivity index (χ3v) is 5.55. The second-order valence-electron chi connectivity index (χ2n) is 8.08. The molecule has 6 nitrogen and oxygen atoms in total. The van der Waals surface area contributed by atoms with E-state index in [-0.39, 0.29) is 19.4 Å². The normalized spacial score (nSPS) is 17.1. The number of piperazine rings is 1. The minimum atomic E-state index is -4.98. The number of benzene rings is 2. The van der Waals surface area contributed by atoms with Crippen LogP contribution in [0.15, 0.2) is 36.4 Å². The van der Waals surface area contributed by atoms with Gasteiger partial charge in [0.25, 0.3) is 0 Å². The van der Waals surface area contributed by atoms with Gasteiger partial charge in [-0.15, -0.1) is 0 Å². The smallest absolute Gasteiger partial charge is 0.416 e. The maximum Gasteiger partial charge on any atom is 0.416 e. The first-order valence-electron chi connectivity index (χ1n) is 10.4. The van der Waals surface area contributed by atoms with Crippen molar-refractivity contribution >= 4 is 11.6 Å². The number of nitrogens with zero attached hydrogens (tertiary/aromatic N) is 2. The molecule has 1 amide bonds. The summed E-state index contributed by atoms with van der Waals surface area (Å²) in [5.74, 6) is 0.704. The van der Waals surface area contributed by atoms with E-state index >= 15 is 0 Å². The van der Waals surface area contributed by atoms with Crippen molar-refractivity contribution in [3.63, 3.8) is 0 Å². The summed E-state index contributed by atoms with van der Waals surface area (Å²) in [7, 11) is 0. The van der Waals surface area contributed by atoms with Gasteiger partial charge in [-0.1, -0.05) is 6.07 Å². The third kappa shape index (κ3) is 5.92. The van der Waals surface area contributed by atoms with Crippen molar-refractivity contribution in [1.82, 2.24) is 9.80 Å². The number of carbonyl (C=O) groups excluding carboxylic acids is 1. The fraction of sp³-hybridized carbons (Fsp3) is 0.409. The van der Waals surface area contributed by atoms with Gasteiger partial charge in [0.05, 0.1) is 17.7 Å². The molecule has 4 rings (SSSR count). The number of nitrogens with one attached hydrogen (secondary N) is 1. The predicted octanol–water partition coefficient (Wildman–Crippen LogP) is 4.21. The van der Waals surface area contributed by atoms with Crippen molar-refractivity contribution in [2.75, 3.05) is 44.8 Å². The average Bonchev–Trinajstić information content (AvgIpc) is 3.21. The van der Waals surface area contributed by atoms with Crippen molar-refractivity contribution in [3.8, 4) is 11.5 Å². The van der Waals surface area contributed by atoms with Crippen LogP contribution >= 0.6 is 0 Å². The number of alkyl halides is 6. The number of hydrogen-bond acceptors (Lipinski definition) is 5. The molecule has 2 aromatic carbocycles. The van der Waals surface area contributed by atoms with E-state index in [1.165, 1.54) is 0 Å². The number of carbonyl (C=O) groups is 1. The summed E-state index contributed by atoms with van der Waals surface area (Å²) in [6, 6.07) is 6.71. The number of amides is 1. The molecule has 2 aromatic rings. The molecule has 1 fully saturated rings. The summed E-state index contributed by atoms with van der Waals surface area (Å²) in [6.45, 7) is 3.05. The van der Waals surface area contributed by atoms with Crippen LogP contribution in [0, 0.1) is 0 Å². The topological polar surface area (TPSA) is 54.0 Å². The second-order valence-corrected chi connectivity index (χ2v) is 8.08. The highest BCUT2D eigenvalue weighted by molar-refractivity contribution is 5.92. The largest absolute Gasteiger partial charge is 0.454 e. The van der Waals surface area contributed by atoms with Gasteiger partial charge >= 0.3 is 12.4 Å². The van der Waals surface area contributed by atoms with E-state index in [9.17, 15) is 31.1 Å². The van der Waals surface area contributed by atoms with E-state index in [1.54, 1.807) is 4.90 Å². The molecule has 12 heteroatoms. The zero-order valence-corrected chi connectivity index (χ0v) is 17.8. The standard InChI is InChI=1S/C22H21F6N3O3/c23-21(24,25)15-8-16(22(26,27)28)10-17(9-15)29-20(32)12-31-5-3-30(4-6-31)11-14-1-2-18-19(7-14)34-13-33-18/h1-2,7-10H,3-6,11-13H2,(H,29,32). The molecule has 0 aliphatic carbocycles. The zero-order chi connectivity index (χ0) is 24.5. The first kappa shape index (κ1) is 24.1. The molecule has 0 aromatic heterocycles. The monoisotopic (exact) mass is 489 g/mol. The first-order chi connectivity index (χ1) is 16.0. The minimum Gasteiger partial charge on any atom is -0.454 e. The van der Waals surface area contributed by atoms with E-state index in [2.05, 4.69) is 10.2 Å². The lowest BCUT2D eigenvalue weighted by atomic mass is 10.1. The number of ether oxygens (including phenoxy) is 2. The molecule has 0 spiro atoms. The summed E-state index contributed by atoms with van der Waals surface area (Å²) in [5.41, 5.74) is -2.46. The van der Waals surface area contributed by atoms with E-state index in [0.29, 0.717) is 56.4 Å². The highest BCUT2D eigenvalue weighted by Crippen LogP contribution is 2.37. The summed E-state index contributed by atoms with van der Waals surface area (Å²) in [6.07, 6.45) is -9.95. The van der Waals surface area contributed by atoms with E-state index < -0.39 is 35.1 Å². The van der Waals surface area contributed by atoms with Gasteiger partial charge in [0.2, 0.25) is 12.7 Å². The number of anilines is 1. The Bertz CT molecular complexity index is 1020. The Hall–Kier alpha value is -2.99. The van der Waals surface area contributed by atoms with Crippen LogP contribution in [0.25, 0.3) is 0 Å². The molecule has 1 N–H and O–H groups in total.